The molecule has 0 bridgehead atoms. The van der Waals surface area contributed by atoms with Gasteiger partial charge in [0.15, 0.2) is 5.58 Å². The van der Waals surface area contributed by atoms with Crippen molar-refractivity contribution in [1.29, 1.82) is 0 Å². The topological polar surface area (TPSA) is 74.6 Å². The lowest BCUT2D eigenvalue weighted by Gasteiger charge is -2.11. The molecule has 6 aromatic heterocycles. The summed E-state index contributed by atoms with van der Waals surface area (Å²) in [6.07, 6.45) is 0. The summed E-state index contributed by atoms with van der Waals surface area (Å²) < 4.78 is 13.7. The molecule has 0 aliphatic heterocycles. The number of nitrogens with zero attached hydrogens (tertiary/aromatic N) is 6. The zero-order valence-electron chi connectivity index (χ0n) is 54.8. The van der Waals surface area contributed by atoms with E-state index in [9.17, 15) is 0 Å². The molecule has 0 N–H and O–H groups in total. The summed E-state index contributed by atoms with van der Waals surface area (Å²) in [6, 6.07) is 121. The monoisotopic (exact) mass is 1320 g/mol. The Morgan fingerprint density at radius 2 is 0.745 bits per heavy atom. The van der Waals surface area contributed by atoms with Crippen molar-refractivity contribution in [3.05, 3.63) is 340 Å². The highest BCUT2D eigenvalue weighted by Crippen LogP contribution is 2.47. The van der Waals surface area contributed by atoms with Crippen molar-refractivity contribution in [2.75, 3.05) is 0 Å². The van der Waals surface area contributed by atoms with E-state index in [2.05, 4.69) is 331 Å². The molecule has 0 unspecified atom stereocenters. The number of hydrogen-bond acceptors (Lipinski definition) is 6. The van der Waals surface area contributed by atoms with Crippen LogP contribution in [0.1, 0.15) is 0 Å². The molecule has 102 heavy (non-hydrogen) atoms. The minimum atomic E-state index is 0.606. The number of thiophene rings is 1. The average Bonchev–Trinajstić information content (AvgIpc) is 1.55. The predicted molar refractivity (Wildman–Crippen MR) is 428 cm³/mol. The van der Waals surface area contributed by atoms with Crippen molar-refractivity contribution in [1.82, 2.24) is 29.1 Å². The van der Waals surface area contributed by atoms with Gasteiger partial charge >= 0.3 is 0 Å². The first-order valence-corrected chi connectivity index (χ1v) is 35.3. The number of hydrogen-bond donors (Lipinski definition) is 0. The molecule has 0 radical (unpaired) electrons. The first-order valence-electron chi connectivity index (χ1n) is 34.5. The summed E-state index contributed by atoms with van der Waals surface area (Å²) in [5.74, 6) is 1.28. The van der Waals surface area contributed by atoms with Gasteiger partial charge in [-0.1, -0.05) is 279 Å². The van der Waals surface area contributed by atoms with Crippen molar-refractivity contribution >= 4 is 151 Å². The summed E-state index contributed by atoms with van der Waals surface area (Å²) in [5.41, 5.74) is 18.2. The zero-order valence-corrected chi connectivity index (χ0v) is 55.6. The van der Waals surface area contributed by atoms with Crippen LogP contribution in [0.5, 0.6) is 0 Å². The Balaban J connectivity index is 0.000000133. The molecule has 474 valence electrons. The highest BCUT2D eigenvalue weighted by atomic mass is 32.1. The molecule has 6 heterocycles. The molecule has 0 spiro atoms. The van der Waals surface area contributed by atoms with Crippen LogP contribution in [-0.2, 0) is 0 Å². The van der Waals surface area contributed by atoms with E-state index in [0.717, 1.165) is 104 Å². The third-order valence-electron chi connectivity index (χ3n) is 20.5. The first kappa shape index (κ1) is 57.6. The maximum atomic E-state index is 6.83. The van der Waals surface area contributed by atoms with Gasteiger partial charge in [0.2, 0.25) is 11.9 Å². The largest absolute Gasteiger partial charge is 0.452 e. The molecule has 0 saturated heterocycles. The highest BCUT2D eigenvalue weighted by molar-refractivity contribution is 7.26. The summed E-state index contributed by atoms with van der Waals surface area (Å²) in [7, 11) is 0. The van der Waals surface area contributed by atoms with Gasteiger partial charge in [0.1, 0.15) is 16.8 Å². The number of benzene rings is 16. The summed E-state index contributed by atoms with van der Waals surface area (Å²) in [4.78, 5) is 21.8. The summed E-state index contributed by atoms with van der Waals surface area (Å²) in [5, 5.41) is 18.9. The van der Waals surface area contributed by atoms with Gasteiger partial charge in [0.25, 0.3) is 0 Å². The Labute approximate surface area is 588 Å². The Morgan fingerprint density at radius 3 is 1.42 bits per heavy atom. The molecule has 7 nitrogen and oxygen atoms in total. The molecule has 0 atom stereocenters. The molecule has 0 saturated carbocycles. The van der Waals surface area contributed by atoms with Gasteiger partial charge in [-0.05, 0) is 143 Å². The molecule has 0 aliphatic carbocycles. The fraction of sp³-hybridized carbons (Fsp3) is 0. The van der Waals surface area contributed by atoms with E-state index >= 15 is 0 Å². The van der Waals surface area contributed by atoms with Gasteiger partial charge in [-0.15, -0.1) is 11.3 Å². The van der Waals surface area contributed by atoms with Crippen molar-refractivity contribution in [2.45, 2.75) is 0 Å². The highest BCUT2D eigenvalue weighted by Gasteiger charge is 2.26. The fourth-order valence-electron chi connectivity index (χ4n) is 15.7. The van der Waals surface area contributed by atoms with Crippen LogP contribution in [0.2, 0.25) is 0 Å². The minimum absolute atomic E-state index is 0.606. The van der Waals surface area contributed by atoms with Crippen LogP contribution in [0.3, 0.4) is 0 Å². The van der Waals surface area contributed by atoms with Crippen molar-refractivity contribution < 1.29 is 4.42 Å². The van der Waals surface area contributed by atoms with E-state index in [1.165, 1.54) is 85.8 Å². The molecule has 8 heteroatoms. The maximum Gasteiger partial charge on any atom is 0.236 e. The van der Waals surface area contributed by atoms with Crippen LogP contribution in [0.4, 0.5) is 0 Å². The van der Waals surface area contributed by atoms with Crippen LogP contribution >= 0.6 is 11.3 Å². The quantitative estimate of drug-likeness (QED) is 0.159. The van der Waals surface area contributed by atoms with Gasteiger partial charge in [-0.25, -0.2) is 19.9 Å². The Hall–Kier alpha value is -13.4. The summed E-state index contributed by atoms with van der Waals surface area (Å²) in [6.45, 7) is 0. The Kier molecular flexibility index (Phi) is 13.1. The van der Waals surface area contributed by atoms with Gasteiger partial charge in [0.05, 0.1) is 38.0 Å². The molecule has 22 rings (SSSR count). The van der Waals surface area contributed by atoms with Crippen molar-refractivity contribution in [3.63, 3.8) is 0 Å². The Morgan fingerprint density at radius 1 is 0.265 bits per heavy atom. The number of rotatable bonds is 7. The van der Waals surface area contributed by atoms with Crippen LogP contribution in [0.25, 0.3) is 208 Å². The molecular formula is C94H56N6OS. The van der Waals surface area contributed by atoms with Gasteiger partial charge in [-0.2, -0.15) is 0 Å². The lowest BCUT2D eigenvalue weighted by atomic mass is 9.93. The standard InChI is InChI=1S/C48H29N3O.C46H27N3S/c1-4-14-30(15-5-1)38-28-41-43(29-39(38)31-16-6-2-7-17-31)52-47-44(33-19-8-3-9-20-33)49-48(50-45(41)47)51-42-27-35-22-11-10-21-34(35)26-40(42)37-25-24-32-18-12-13-23-36(32)46(37)51;1-2-12-30(13-3-1)43-45-44(38-26-35(21-23-41(38)50-45)34-19-18-28-10-4-5-14-31(28)24-34)48-46(47-43)49-39-22-20-29-11-8-9-17-36(29)42(39)37-25-32-15-6-7-16-33(32)27-40(37)49/h1-29H;1-27H. The molecule has 0 fully saturated rings. The number of aromatic nitrogens is 6. The molecule has 0 aliphatic rings. The minimum Gasteiger partial charge on any atom is -0.452 e. The lowest BCUT2D eigenvalue weighted by Crippen LogP contribution is -2.03. The van der Waals surface area contributed by atoms with Gasteiger partial charge in [-0.3, -0.25) is 9.13 Å². The summed E-state index contributed by atoms with van der Waals surface area (Å²) >= 11 is 1.77. The van der Waals surface area contributed by atoms with E-state index in [1.807, 2.05) is 18.2 Å². The fourth-order valence-corrected chi connectivity index (χ4v) is 16.8. The van der Waals surface area contributed by atoms with E-state index in [0.29, 0.717) is 17.5 Å². The van der Waals surface area contributed by atoms with E-state index in [-0.39, 0.29) is 0 Å². The third-order valence-corrected chi connectivity index (χ3v) is 21.7. The molecule has 22 aromatic rings. The number of fused-ring (bicyclic) bond motifs is 19. The van der Waals surface area contributed by atoms with Crippen LogP contribution < -0.4 is 0 Å². The van der Waals surface area contributed by atoms with Crippen molar-refractivity contribution in [2.24, 2.45) is 0 Å². The van der Waals surface area contributed by atoms with Gasteiger partial charge in [0, 0.05) is 53.5 Å². The SMILES string of the molecule is c1ccc(-c2cc3oc4c(-c5ccccc5)nc(-n5c6cc7ccccc7cc6c6ccc7ccccc7c65)nc4c3cc2-c2ccccc2)cc1.c1ccc(-c2nc(-n3c4cc5ccccc5cc4c4c5ccccc5ccc43)nc3c2sc2ccc(-c4ccc5ccccc5c4)cc23)cc1. The molecule has 16 aromatic carbocycles. The van der Waals surface area contributed by atoms with Crippen LogP contribution in [-0.4, -0.2) is 29.1 Å². The predicted octanol–water partition coefficient (Wildman–Crippen LogP) is 25.5. The third kappa shape index (κ3) is 9.27. The average molecular weight is 1320 g/mol. The van der Waals surface area contributed by atoms with Crippen LogP contribution in [0.15, 0.2) is 344 Å². The second kappa shape index (κ2) is 23.1. The van der Waals surface area contributed by atoms with Crippen molar-refractivity contribution in [3.8, 4) is 67.8 Å². The van der Waals surface area contributed by atoms with E-state index in [4.69, 9.17) is 24.4 Å². The zero-order chi connectivity index (χ0) is 66.9. The smallest absolute Gasteiger partial charge is 0.236 e. The second-order valence-corrected chi connectivity index (χ2v) is 27.5. The van der Waals surface area contributed by atoms with Gasteiger partial charge < -0.3 is 4.42 Å². The first-order chi connectivity index (χ1) is 50.5. The number of furan rings is 1. The molecule has 0 amide bonds. The van der Waals surface area contributed by atoms with E-state index in [1.54, 1.807) is 11.3 Å². The Bertz CT molecular complexity index is 7180. The lowest BCUT2D eigenvalue weighted by molar-refractivity contribution is 0.667. The van der Waals surface area contributed by atoms with Crippen LogP contribution in [0, 0.1) is 0 Å². The maximum absolute atomic E-state index is 6.83. The second-order valence-electron chi connectivity index (χ2n) is 26.4. The normalized spacial score (nSPS) is 11.9. The van der Waals surface area contributed by atoms with E-state index < -0.39 is 0 Å². The molecular weight excluding hydrogens is 1260 g/mol.